The summed E-state index contributed by atoms with van der Waals surface area (Å²) in [6.07, 6.45) is 0. The lowest BCUT2D eigenvalue weighted by molar-refractivity contribution is 0.102. The van der Waals surface area contributed by atoms with Gasteiger partial charge in [-0.3, -0.25) is 4.79 Å². The van der Waals surface area contributed by atoms with Gasteiger partial charge < -0.3 is 10.3 Å². The maximum Gasteiger partial charge on any atom is 0.272 e. The minimum Gasteiger partial charge on any atom is -0.351 e. The first kappa shape index (κ1) is 14.9. The largest absolute Gasteiger partial charge is 0.351 e. The molecular weight excluding hydrogens is 260 g/mol. The third-order valence-electron chi connectivity index (χ3n) is 3.05. The monoisotopic (exact) mass is 280 g/mol. The Morgan fingerprint density at radius 1 is 1.00 bits per heavy atom. The molecule has 1 heterocycles. The van der Waals surface area contributed by atoms with E-state index in [-0.39, 0.29) is 5.91 Å². The Morgan fingerprint density at radius 2 is 1.71 bits per heavy atom. The van der Waals surface area contributed by atoms with Gasteiger partial charge in [0.1, 0.15) is 5.69 Å². The highest BCUT2D eigenvalue weighted by Gasteiger charge is 2.09. The van der Waals surface area contributed by atoms with E-state index in [1.807, 2.05) is 69.3 Å². The zero-order valence-corrected chi connectivity index (χ0v) is 12.6. The number of rotatable bonds is 2. The topological polar surface area (TPSA) is 44.9 Å². The third-order valence-corrected chi connectivity index (χ3v) is 3.05. The summed E-state index contributed by atoms with van der Waals surface area (Å²) in [5, 5.41) is 3.92. The fraction of sp³-hybridized carbons (Fsp3) is 0.167. The molecule has 3 nitrogen and oxygen atoms in total. The maximum absolute atomic E-state index is 12.1. The molecular formula is C18H20N2O. The van der Waals surface area contributed by atoms with Gasteiger partial charge in [0.2, 0.25) is 0 Å². The maximum atomic E-state index is 12.1. The highest BCUT2D eigenvalue weighted by molar-refractivity contribution is 6.05. The second-order valence-corrected chi connectivity index (χ2v) is 4.59. The van der Waals surface area contributed by atoms with Crippen molar-refractivity contribution in [1.29, 1.82) is 0 Å². The Balaban J connectivity index is 0.000000774. The molecule has 0 saturated carbocycles. The number of anilines is 1. The van der Waals surface area contributed by atoms with Crippen molar-refractivity contribution in [2.24, 2.45) is 0 Å². The van der Waals surface area contributed by atoms with Crippen molar-refractivity contribution < 1.29 is 4.79 Å². The molecule has 2 N–H and O–H groups in total. The molecule has 0 bridgehead atoms. The second-order valence-electron chi connectivity index (χ2n) is 4.59. The smallest absolute Gasteiger partial charge is 0.272 e. The van der Waals surface area contributed by atoms with E-state index in [1.54, 1.807) is 0 Å². The van der Waals surface area contributed by atoms with Crippen LogP contribution in [0.4, 0.5) is 5.69 Å². The summed E-state index contributed by atoms with van der Waals surface area (Å²) in [6, 6.07) is 17.4. The highest BCUT2D eigenvalue weighted by Crippen LogP contribution is 2.18. The zero-order valence-electron chi connectivity index (χ0n) is 12.6. The van der Waals surface area contributed by atoms with E-state index in [1.165, 1.54) is 5.56 Å². The summed E-state index contributed by atoms with van der Waals surface area (Å²) >= 11 is 0. The van der Waals surface area contributed by atoms with Crippen LogP contribution in [-0.4, -0.2) is 10.9 Å². The summed E-state index contributed by atoms with van der Waals surface area (Å²) in [5.41, 5.74) is 3.53. The minimum absolute atomic E-state index is 0.125. The number of aromatic amines is 1. The number of H-pyrrole nitrogens is 1. The van der Waals surface area contributed by atoms with E-state index in [2.05, 4.69) is 16.4 Å². The van der Waals surface area contributed by atoms with Gasteiger partial charge >= 0.3 is 0 Å². The van der Waals surface area contributed by atoms with Crippen LogP contribution in [0.1, 0.15) is 29.9 Å². The molecule has 108 valence electrons. The summed E-state index contributed by atoms with van der Waals surface area (Å²) in [7, 11) is 0. The quantitative estimate of drug-likeness (QED) is 0.698. The molecule has 3 aromatic rings. The van der Waals surface area contributed by atoms with Gasteiger partial charge in [0, 0.05) is 16.6 Å². The number of para-hydroxylation sites is 1. The molecule has 0 saturated heterocycles. The number of carbonyl (C=O) groups is 1. The third kappa shape index (κ3) is 3.51. The number of aromatic nitrogens is 1. The second kappa shape index (κ2) is 6.75. The molecule has 3 heteroatoms. The van der Waals surface area contributed by atoms with Crippen LogP contribution in [0.3, 0.4) is 0 Å². The number of amides is 1. The Bertz CT molecular complexity index is 729. The van der Waals surface area contributed by atoms with Gasteiger partial charge in [-0.05, 0) is 37.3 Å². The Morgan fingerprint density at radius 3 is 2.43 bits per heavy atom. The summed E-state index contributed by atoms with van der Waals surface area (Å²) in [6.45, 7) is 6.04. The van der Waals surface area contributed by atoms with Crippen LogP contribution >= 0.6 is 0 Å². The number of hydrogen-bond acceptors (Lipinski definition) is 1. The molecule has 3 rings (SSSR count). The van der Waals surface area contributed by atoms with E-state index in [0.29, 0.717) is 5.69 Å². The Labute approximate surface area is 125 Å². The number of hydrogen-bond donors (Lipinski definition) is 2. The fourth-order valence-electron chi connectivity index (χ4n) is 2.09. The molecule has 0 spiro atoms. The van der Waals surface area contributed by atoms with Gasteiger partial charge in [-0.1, -0.05) is 43.7 Å². The van der Waals surface area contributed by atoms with Crippen molar-refractivity contribution in [1.82, 2.24) is 4.98 Å². The van der Waals surface area contributed by atoms with Crippen molar-refractivity contribution in [2.45, 2.75) is 20.8 Å². The van der Waals surface area contributed by atoms with Gasteiger partial charge in [-0.2, -0.15) is 0 Å². The van der Waals surface area contributed by atoms with Crippen molar-refractivity contribution in [3.8, 4) is 0 Å². The first-order valence-corrected chi connectivity index (χ1v) is 7.18. The molecule has 0 aliphatic carbocycles. The molecule has 2 aromatic carbocycles. The summed E-state index contributed by atoms with van der Waals surface area (Å²) < 4.78 is 0. The van der Waals surface area contributed by atoms with Crippen molar-refractivity contribution in [2.75, 3.05) is 5.32 Å². The van der Waals surface area contributed by atoms with Crippen LogP contribution in [0.2, 0.25) is 0 Å². The molecule has 0 fully saturated rings. The SMILES string of the molecule is CC.Cc1ccc2[nH]c(C(=O)Nc3ccccc3)cc2c1. The van der Waals surface area contributed by atoms with Gasteiger partial charge in [-0.25, -0.2) is 0 Å². The molecule has 1 amide bonds. The lowest BCUT2D eigenvalue weighted by Gasteiger charge is -2.02. The lowest BCUT2D eigenvalue weighted by atomic mass is 10.2. The Kier molecular flexibility index (Phi) is 4.77. The van der Waals surface area contributed by atoms with Crippen LogP contribution in [0.5, 0.6) is 0 Å². The van der Waals surface area contributed by atoms with E-state index in [0.717, 1.165) is 16.6 Å². The molecule has 0 aliphatic heterocycles. The van der Waals surface area contributed by atoms with E-state index < -0.39 is 0 Å². The lowest BCUT2D eigenvalue weighted by Crippen LogP contribution is -2.11. The number of nitrogens with one attached hydrogen (secondary N) is 2. The van der Waals surface area contributed by atoms with Gasteiger partial charge in [0.15, 0.2) is 0 Å². The Hall–Kier alpha value is -2.55. The first-order valence-electron chi connectivity index (χ1n) is 7.18. The highest BCUT2D eigenvalue weighted by atomic mass is 16.1. The van der Waals surface area contributed by atoms with Gasteiger partial charge in [0.05, 0.1) is 0 Å². The van der Waals surface area contributed by atoms with Crippen LogP contribution in [0.25, 0.3) is 10.9 Å². The first-order chi connectivity index (χ1) is 10.2. The molecule has 0 unspecified atom stereocenters. The molecule has 0 aliphatic rings. The van der Waals surface area contributed by atoms with Crippen LogP contribution in [0.15, 0.2) is 54.6 Å². The zero-order chi connectivity index (χ0) is 15.2. The summed E-state index contributed by atoms with van der Waals surface area (Å²) in [5.74, 6) is -0.125. The van der Waals surface area contributed by atoms with Crippen LogP contribution in [-0.2, 0) is 0 Å². The van der Waals surface area contributed by atoms with E-state index in [4.69, 9.17) is 0 Å². The number of benzene rings is 2. The van der Waals surface area contributed by atoms with E-state index in [9.17, 15) is 4.79 Å². The predicted octanol–water partition coefficient (Wildman–Crippen LogP) is 4.75. The van der Waals surface area contributed by atoms with Crippen molar-refractivity contribution >= 4 is 22.5 Å². The molecule has 0 radical (unpaired) electrons. The molecule has 21 heavy (non-hydrogen) atoms. The molecule has 1 aromatic heterocycles. The van der Waals surface area contributed by atoms with Crippen LogP contribution < -0.4 is 5.32 Å². The van der Waals surface area contributed by atoms with E-state index >= 15 is 0 Å². The number of carbonyl (C=O) groups excluding carboxylic acids is 1. The standard InChI is InChI=1S/C16H14N2O.C2H6/c1-11-7-8-14-12(9-11)10-15(18-14)16(19)17-13-5-3-2-4-6-13;1-2/h2-10,18H,1H3,(H,17,19);1-2H3. The van der Waals surface area contributed by atoms with Crippen LogP contribution in [0, 0.1) is 6.92 Å². The minimum atomic E-state index is -0.125. The van der Waals surface area contributed by atoms with Crippen molar-refractivity contribution in [3.05, 3.63) is 65.9 Å². The van der Waals surface area contributed by atoms with Gasteiger partial charge in [-0.15, -0.1) is 0 Å². The average molecular weight is 280 g/mol. The van der Waals surface area contributed by atoms with Crippen molar-refractivity contribution in [3.63, 3.8) is 0 Å². The number of aryl methyl sites for hydroxylation is 1. The van der Waals surface area contributed by atoms with Gasteiger partial charge in [0.25, 0.3) is 5.91 Å². The predicted molar refractivity (Wildman–Crippen MR) is 88.8 cm³/mol. The normalized spacial score (nSPS) is 9.86. The fourth-order valence-corrected chi connectivity index (χ4v) is 2.09. The number of fused-ring (bicyclic) bond motifs is 1. The average Bonchev–Trinajstić information content (AvgIpc) is 2.93. The summed E-state index contributed by atoms with van der Waals surface area (Å²) in [4.78, 5) is 15.3. The molecule has 0 atom stereocenters.